The largest absolute Gasteiger partial charge is 0.511 e. The third-order valence-electron chi connectivity index (χ3n) is 2.99. The van der Waals surface area contributed by atoms with Crippen molar-refractivity contribution in [2.45, 2.75) is 44.2 Å². The van der Waals surface area contributed by atoms with E-state index in [1.54, 1.807) is 11.6 Å². The quantitative estimate of drug-likeness (QED) is 0.766. The molecule has 1 N–H and O–H groups in total. The van der Waals surface area contributed by atoms with Gasteiger partial charge in [0.25, 0.3) is 0 Å². The molecule has 0 saturated heterocycles. The fourth-order valence-corrected chi connectivity index (χ4v) is 2.64. The van der Waals surface area contributed by atoms with E-state index < -0.39 is 21.6 Å². The summed E-state index contributed by atoms with van der Waals surface area (Å²) in [6.45, 7) is 2.78. The van der Waals surface area contributed by atoms with Crippen LogP contribution in [0.15, 0.2) is 11.6 Å². The zero-order valence-electron chi connectivity index (χ0n) is 10.7. The van der Waals surface area contributed by atoms with Crippen molar-refractivity contribution in [1.82, 2.24) is 4.72 Å². The molecule has 0 unspecified atom stereocenters. The molecule has 0 saturated carbocycles. The van der Waals surface area contributed by atoms with Crippen LogP contribution in [-0.4, -0.2) is 33.2 Å². The monoisotopic (exact) mass is 301 g/mol. The van der Waals surface area contributed by atoms with Crippen LogP contribution in [0.2, 0.25) is 0 Å². The second kappa shape index (κ2) is 6.71. The Morgan fingerprint density at radius 3 is 2.63 bits per heavy atom. The minimum atomic E-state index is -5.26. The van der Waals surface area contributed by atoms with E-state index in [9.17, 15) is 21.6 Å². The average Bonchev–Trinajstić information content (AvgIpc) is 2.34. The molecule has 0 aromatic heterocycles. The molecule has 19 heavy (non-hydrogen) atoms. The number of nitrogens with one attached hydrogen (secondary N) is 1. The highest BCUT2D eigenvalue weighted by molar-refractivity contribution is 7.90. The Balaban J connectivity index is 2.52. The molecule has 1 aliphatic rings. The lowest BCUT2D eigenvalue weighted by atomic mass is 10.0. The van der Waals surface area contributed by atoms with E-state index in [1.807, 2.05) is 6.08 Å². The summed E-state index contributed by atoms with van der Waals surface area (Å²) >= 11 is 0. The molecular weight excluding hydrogens is 283 g/mol. The Bertz CT molecular complexity index is 417. The van der Waals surface area contributed by atoms with Gasteiger partial charge in [-0.05, 0) is 25.7 Å². The highest BCUT2D eigenvalue weighted by atomic mass is 32.2. The Kier molecular flexibility index (Phi) is 5.82. The summed E-state index contributed by atoms with van der Waals surface area (Å²) in [7, 11) is -5.26. The van der Waals surface area contributed by atoms with Gasteiger partial charge in [0.15, 0.2) is 0 Å². The molecule has 0 aromatic carbocycles. The van der Waals surface area contributed by atoms with Crippen LogP contribution in [0.4, 0.5) is 13.2 Å². The van der Waals surface area contributed by atoms with Crippen LogP contribution in [0.1, 0.15) is 32.6 Å². The lowest BCUT2D eigenvalue weighted by molar-refractivity contribution is -0.0451. The molecule has 8 heteroatoms. The van der Waals surface area contributed by atoms with Crippen LogP contribution in [0.3, 0.4) is 0 Å². The standard InChI is InChI=1S/C11H18F3NO3S/c1-2-10(15-19(16,17)11(12,13)14)4-3-9-5-7-18-8-6-9/h5,10,15H,2-4,6-8H2,1H3/t10-/m1/s1. The first-order valence-corrected chi connectivity index (χ1v) is 7.59. The van der Waals surface area contributed by atoms with Crippen molar-refractivity contribution >= 4 is 10.0 Å². The first kappa shape index (κ1) is 16.5. The van der Waals surface area contributed by atoms with Gasteiger partial charge >= 0.3 is 15.5 Å². The van der Waals surface area contributed by atoms with Crippen LogP contribution >= 0.6 is 0 Å². The molecule has 0 bridgehead atoms. The predicted molar refractivity (Wildman–Crippen MR) is 64.9 cm³/mol. The van der Waals surface area contributed by atoms with Gasteiger partial charge in [0.1, 0.15) is 0 Å². The molecular formula is C11H18F3NO3S. The lowest BCUT2D eigenvalue weighted by Gasteiger charge is -2.20. The van der Waals surface area contributed by atoms with Gasteiger partial charge in [-0.1, -0.05) is 18.6 Å². The van der Waals surface area contributed by atoms with Gasteiger partial charge in [-0.3, -0.25) is 0 Å². The Morgan fingerprint density at radius 1 is 1.47 bits per heavy atom. The summed E-state index contributed by atoms with van der Waals surface area (Å²) in [6.07, 6.45) is 3.91. The highest BCUT2D eigenvalue weighted by Gasteiger charge is 2.46. The summed E-state index contributed by atoms with van der Waals surface area (Å²) in [5, 5.41) is 0. The van der Waals surface area contributed by atoms with Gasteiger partial charge in [-0.2, -0.15) is 13.2 Å². The summed E-state index contributed by atoms with van der Waals surface area (Å²) in [6, 6.07) is -0.699. The minimum Gasteiger partial charge on any atom is -0.377 e. The van der Waals surface area contributed by atoms with Crippen LogP contribution < -0.4 is 4.72 Å². The third kappa shape index (κ3) is 5.12. The molecule has 0 fully saturated rings. The second-order valence-electron chi connectivity index (χ2n) is 4.40. The normalized spacial score (nSPS) is 19.1. The maximum absolute atomic E-state index is 12.2. The maximum Gasteiger partial charge on any atom is 0.511 e. The number of alkyl halides is 3. The molecule has 1 rings (SSSR count). The number of hydrogen-bond acceptors (Lipinski definition) is 3. The summed E-state index contributed by atoms with van der Waals surface area (Å²) < 4.78 is 65.6. The maximum atomic E-state index is 12.2. The smallest absolute Gasteiger partial charge is 0.377 e. The van der Waals surface area contributed by atoms with E-state index >= 15 is 0 Å². The van der Waals surface area contributed by atoms with Crippen LogP contribution in [-0.2, 0) is 14.8 Å². The van der Waals surface area contributed by atoms with E-state index in [-0.39, 0.29) is 0 Å². The molecule has 0 aromatic rings. The number of ether oxygens (including phenoxy) is 1. The van der Waals surface area contributed by atoms with Gasteiger partial charge in [-0.25, -0.2) is 13.1 Å². The summed E-state index contributed by atoms with van der Waals surface area (Å²) in [4.78, 5) is 0. The predicted octanol–water partition coefficient (Wildman–Crippen LogP) is 2.33. The van der Waals surface area contributed by atoms with Gasteiger partial charge in [0.2, 0.25) is 0 Å². The van der Waals surface area contributed by atoms with Crippen molar-refractivity contribution in [3.8, 4) is 0 Å². The zero-order chi connectivity index (χ0) is 14.5. The lowest BCUT2D eigenvalue weighted by Crippen LogP contribution is -2.42. The number of halogens is 3. The zero-order valence-corrected chi connectivity index (χ0v) is 11.5. The first-order valence-electron chi connectivity index (χ1n) is 6.10. The summed E-state index contributed by atoms with van der Waals surface area (Å²) in [5.74, 6) is 0. The molecule has 4 nitrogen and oxygen atoms in total. The minimum absolute atomic E-state index is 0.319. The van der Waals surface area contributed by atoms with Crippen molar-refractivity contribution in [3.05, 3.63) is 11.6 Å². The molecule has 0 aliphatic carbocycles. The average molecular weight is 301 g/mol. The van der Waals surface area contributed by atoms with E-state index in [0.29, 0.717) is 32.5 Å². The van der Waals surface area contributed by atoms with Crippen molar-refractivity contribution < 1.29 is 26.3 Å². The van der Waals surface area contributed by atoms with Gasteiger partial charge in [0, 0.05) is 6.04 Å². The van der Waals surface area contributed by atoms with Gasteiger partial charge in [-0.15, -0.1) is 0 Å². The molecule has 1 atom stereocenters. The Hall–Kier alpha value is -0.600. The molecule has 1 heterocycles. The molecule has 0 spiro atoms. The van der Waals surface area contributed by atoms with E-state index in [2.05, 4.69) is 0 Å². The summed E-state index contributed by atoms with van der Waals surface area (Å²) in [5.41, 5.74) is -4.14. The Labute approximate surface area is 111 Å². The fraction of sp³-hybridized carbons (Fsp3) is 0.818. The van der Waals surface area contributed by atoms with Crippen molar-refractivity contribution in [3.63, 3.8) is 0 Å². The number of rotatable bonds is 6. The highest BCUT2D eigenvalue weighted by Crippen LogP contribution is 2.23. The molecule has 1 aliphatic heterocycles. The number of sulfonamides is 1. The fourth-order valence-electron chi connectivity index (χ4n) is 1.78. The van der Waals surface area contributed by atoms with Gasteiger partial charge in [0.05, 0.1) is 13.2 Å². The third-order valence-corrected chi connectivity index (χ3v) is 4.24. The second-order valence-corrected chi connectivity index (χ2v) is 6.10. The topological polar surface area (TPSA) is 55.4 Å². The molecule has 112 valence electrons. The first-order chi connectivity index (χ1) is 8.76. The van der Waals surface area contributed by atoms with E-state index in [4.69, 9.17) is 4.74 Å². The molecule has 0 amide bonds. The van der Waals surface area contributed by atoms with E-state index in [1.165, 1.54) is 0 Å². The van der Waals surface area contributed by atoms with Crippen LogP contribution in [0.5, 0.6) is 0 Å². The van der Waals surface area contributed by atoms with Crippen molar-refractivity contribution in [2.75, 3.05) is 13.2 Å². The van der Waals surface area contributed by atoms with Crippen LogP contribution in [0.25, 0.3) is 0 Å². The molecule has 0 radical (unpaired) electrons. The van der Waals surface area contributed by atoms with E-state index in [0.717, 1.165) is 12.0 Å². The number of hydrogen-bond donors (Lipinski definition) is 1. The van der Waals surface area contributed by atoms with Crippen molar-refractivity contribution in [1.29, 1.82) is 0 Å². The van der Waals surface area contributed by atoms with Crippen LogP contribution in [0, 0.1) is 0 Å². The van der Waals surface area contributed by atoms with Gasteiger partial charge < -0.3 is 4.74 Å². The SMILES string of the molecule is CC[C@H](CCC1=CCOCC1)NS(=O)(=O)C(F)(F)F. The Morgan fingerprint density at radius 2 is 2.16 bits per heavy atom. The van der Waals surface area contributed by atoms with Crippen molar-refractivity contribution in [2.24, 2.45) is 0 Å².